The molecule has 0 fully saturated rings. The quantitative estimate of drug-likeness (QED) is 0.786. The van der Waals surface area contributed by atoms with Crippen molar-refractivity contribution in [3.05, 3.63) is 35.9 Å². The van der Waals surface area contributed by atoms with Gasteiger partial charge in [0.15, 0.2) is 0 Å². The first-order valence-corrected chi connectivity index (χ1v) is 5.41. The summed E-state index contributed by atoms with van der Waals surface area (Å²) in [6.45, 7) is 1.66. The van der Waals surface area contributed by atoms with Gasteiger partial charge in [0.25, 0.3) is 0 Å². The maximum atomic E-state index is 11.6. The van der Waals surface area contributed by atoms with Crippen molar-refractivity contribution in [3.63, 3.8) is 0 Å². The molecule has 4 nitrogen and oxygen atoms in total. The minimum absolute atomic E-state index is 0.0350. The number of aliphatic hydroxyl groups is 1. The highest BCUT2D eigenvalue weighted by atomic mass is 16.5. The molecule has 0 bridgehead atoms. The van der Waals surface area contributed by atoms with Crippen LogP contribution < -0.4 is 0 Å². The van der Waals surface area contributed by atoms with Crippen LogP contribution in [-0.2, 0) is 19.9 Å². The van der Waals surface area contributed by atoms with Crippen LogP contribution in [0.4, 0.5) is 0 Å². The molecule has 1 aromatic rings. The van der Waals surface area contributed by atoms with Crippen LogP contribution in [0, 0.1) is 5.92 Å². The van der Waals surface area contributed by atoms with E-state index in [1.165, 1.54) is 14.2 Å². The van der Waals surface area contributed by atoms with Crippen LogP contribution >= 0.6 is 0 Å². The Labute approximate surface area is 101 Å². The summed E-state index contributed by atoms with van der Waals surface area (Å²) in [7, 11) is 2.79. The highest BCUT2D eigenvalue weighted by molar-refractivity contribution is 5.73. The number of methoxy groups -OCH3 is 2. The third-order valence-corrected chi connectivity index (χ3v) is 2.91. The van der Waals surface area contributed by atoms with E-state index in [1.807, 2.05) is 6.07 Å². The molecule has 0 aromatic heterocycles. The van der Waals surface area contributed by atoms with Crippen LogP contribution in [-0.4, -0.2) is 31.9 Å². The van der Waals surface area contributed by atoms with Gasteiger partial charge in [-0.05, 0) is 12.5 Å². The number of esters is 1. The third kappa shape index (κ3) is 2.84. The summed E-state index contributed by atoms with van der Waals surface area (Å²) < 4.78 is 9.69. The van der Waals surface area contributed by atoms with E-state index in [4.69, 9.17) is 4.74 Å². The molecule has 0 amide bonds. The third-order valence-electron chi connectivity index (χ3n) is 2.91. The predicted octanol–water partition coefficient (Wildman–Crippen LogP) is 1.33. The molecule has 0 radical (unpaired) electrons. The number of ether oxygens (including phenoxy) is 2. The molecule has 94 valence electrons. The number of rotatable bonds is 5. The van der Waals surface area contributed by atoms with Crippen molar-refractivity contribution >= 4 is 5.97 Å². The highest BCUT2D eigenvalue weighted by Gasteiger charge is 2.40. The van der Waals surface area contributed by atoms with Gasteiger partial charge in [-0.2, -0.15) is 0 Å². The number of hydrogen-bond donors (Lipinski definition) is 1. The van der Waals surface area contributed by atoms with E-state index in [-0.39, 0.29) is 6.61 Å². The topological polar surface area (TPSA) is 55.8 Å². The van der Waals surface area contributed by atoms with E-state index in [9.17, 15) is 9.90 Å². The van der Waals surface area contributed by atoms with E-state index in [2.05, 4.69) is 4.74 Å². The van der Waals surface area contributed by atoms with Gasteiger partial charge in [-0.15, -0.1) is 0 Å². The molecular formula is C13H18O4. The number of benzene rings is 1. The van der Waals surface area contributed by atoms with Crippen molar-refractivity contribution in [1.29, 1.82) is 0 Å². The summed E-state index contributed by atoms with van der Waals surface area (Å²) in [6.07, 6.45) is 0. The van der Waals surface area contributed by atoms with Gasteiger partial charge in [0.05, 0.1) is 19.6 Å². The zero-order valence-electron chi connectivity index (χ0n) is 10.3. The minimum atomic E-state index is -1.37. The van der Waals surface area contributed by atoms with E-state index in [1.54, 1.807) is 31.2 Å². The van der Waals surface area contributed by atoms with Crippen LogP contribution in [0.1, 0.15) is 12.5 Å². The maximum Gasteiger partial charge on any atom is 0.311 e. The Morgan fingerprint density at radius 2 is 1.94 bits per heavy atom. The molecule has 17 heavy (non-hydrogen) atoms. The smallest absolute Gasteiger partial charge is 0.311 e. The number of carbonyl (C=O) groups excluding carboxylic acids is 1. The average molecular weight is 238 g/mol. The van der Waals surface area contributed by atoms with E-state index < -0.39 is 17.5 Å². The van der Waals surface area contributed by atoms with Crippen molar-refractivity contribution in [2.45, 2.75) is 12.5 Å². The van der Waals surface area contributed by atoms with Gasteiger partial charge in [0.1, 0.15) is 5.60 Å². The van der Waals surface area contributed by atoms with Crippen LogP contribution in [0.25, 0.3) is 0 Å². The molecule has 1 N–H and O–H groups in total. The van der Waals surface area contributed by atoms with Gasteiger partial charge in [0.2, 0.25) is 0 Å². The molecule has 0 heterocycles. The average Bonchev–Trinajstić information content (AvgIpc) is 2.38. The first-order chi connectivity index (χ1) is 8.06. The van der Waals surface area contributed by atoms with Crippen molar-refractivity contribution < 1.29 is 19.4 Å². The SMILES string of the molecule is COCC(O)(c1ccccc1)C(C)C(=O)OC. The van der Waals surface area contributed by atoms with Gasteiger partial charge in [-0.3, -0.25) is 4.79 Å². The second kappa shape index (κ2) is 5.80. The molecule has 0 spiro atoms. The molecule has 1 rings (SSSR count). The lowest BCUT2D eigenvalue weighted by atomic mass is 9.83. The van der Waals surface area contributed by atoms with Crippen molar-refractivity contribution in [1.82, 2.24) is 0 Å². The van der Waals surface area contributed by atoms with E-state index >= 15 is 0 Å². The summed E-state index contributed by atoms with van der Waals surface area (Å²) in [6, 6.07) is 8.98. The Hall–Kier alpha value is -1.39. The second-order valence-electron chi connectivity index (χ2n) is 3.97. The normalized spacial score (nSPS) is 16.0. The predicted molar refractivity (Wildman–Crippen MR) is 63.4 cm³/mol. The number of hydrogen-bond acceptors (Lipinski definition) is 4. The Balaban J connectivity index is 3.09. The zero-order chi connectivity index (χ0) is 12.9. The molecule has 4 heteroatoms. The van der Waals surface area contributed by atoms with Crippen molar-refractivity contribution in [3.8, 4) is 0 Å². The molecule has 0 aliphatic carbocycles. The number of carbonyl (C=O) groups is 1. The van der Waals surface area contributed by atoms with Crippen LogP contribution in [0.15, 0.2) is 30.3 Å². The lowest BCUT2D eigenvalue weighted by Gasteiger charge is -2.32. The summed E-state index contributed by atoms with van der Waals surface area (Å²) >= 11 is 0. The molecule has 0 aliphatic heterocycles. The second-order valence-corrected chi connectivity index (χ2v) is 3.97. The van der Waals surface area contributed by atoms with Gasteiger partial charge >= 0.3 is 5.97 Å². The highest BCUT2D eigenvalue weighted by Crippen LogP contribution is 2.30. The molecule has 0 saturated carbocycles. The first kappa shape index (κ1) is 13.7. The molecule has 0 saturated heterocycles. The van der Waals surface area contributed by atoms with Gasteiger partial charge < -0.3 is 14.6 Å². The van der Waals surface area contributed by atoms with Gasteiger partial charge in [-0.25, -0.2) is 0 Å². The minimum Gasteiger partial charge on any atom is -0.469 e. The molecular weight excluding hydrogens is 220 g/mol. The van der Waals surface area contributed by atoms with E-state index in [0.29, 0.717) is 5.56 Å². The Morgan fingerprint density at radius 3 is 2.41 bits per heavy atom. The standard InChI is InChI=1S/C13H18O4/c1-10(12(14)17-3)13(15,9-16-2)11-7-5-4-6-8-11/h4-8,10,15H,9H2,1-3H3. The van der Waals surface area contributed by atoms with Crippen LogP contribution in [0.5, 0.6) is 0 Å². The van der Waals surface area contributed by atoms with Crippen molar-refractivity contribution in [2.75, 3.05) is 20.8 Å². The fourth-order valence-electron chi connectivity index (χ4n) is 1.78. The van der Waals surface area contributed by atoms with Crippen molar-refractivity contribution in [2.24, 2.45) is 5.92 Å². The molecule has 1 aromatic carbocycles. The lowest BCUT2D eigenvalue weighted by molar-refractivity contribution is -0.160. The monoisotopic (exact) mass is 238 g/mol. The molecule has 2 atom stereocenters. The zero-order valence-corrected chi connectivity index (χ0v) is 10.3. The molecule has 2 unspecified atom stereocenters. The van der Waals surface area contributed by atoms with Gasteiger partial charge in [-0.1, -0.05) is 30.3 Å². The van der Waals surface area contributed by atoms with Crippen LogP contribution in [0.2, 0.25) is 0 Å². The van der Waals surface area contributed by atoms with Crippen LogP contribution in [0.3, 0.4) is 0 Å². The maximum absolute atomic E-state index is 11.6. The lowest BCUT2D eigenvalue weighted by Crippen LogP contribution is -2.42. The first-order valence-electron chi connectivity index (χ1n) is 5.41. The Morgan fingerprint density at radius 1 is 1.35 bits per heavy atom. The van der Waals surface area contributed by atoms with Gasteiger partial charge in [0, 0.05) is 7.11 Å². The summed E-state index contributed by atoms with van der Waals surface area (Å²) in [5, 5.41) is 10.6. The summed E-state index contributed by atoms with van der Waals surface area (Å²) in [5.41, 5.74) is -0.733. The molecule has 0 aliphatic rings. The van der Waals surface area contributed by atoms with E-state index in [0.717, 1.165) is 0 Å². The summed E-state index contributed by atoms with van der Waals surface area (Å²) in [4.78, 5) is 11.6. The summed E-state index contributed by atoms with van der Waals surface area (Å²) in [5.74, 6) is -1.16. The fourth-order valence-corrected chi connectivity index (χ4v) is 1.78. The Kier molecular flexibility index (Phi) is 4.66. The largest absolute Gasteiger partial charge is 0.469 e. The fraction of sp³-hybridized carbons (Fsp3) is 0.462. The Bertz CT molecular complexity index is 363.